The fourth-order valence-electron chi connectivity index (χ4n) is 1.94. The maximum atomic E-state index is 4.39. The zero-order valence-corrected chi connectivity index (χ0v) is 9.65. The van der Waals surface area contributed by atoms with Gasteiger partial charge >= 0.3 is 0 Å². The topological polar surface area (TPSA) is 27.6 Å². The molecule has 14 heavy (non-hydrogen) atoms. The number of nitrogens with zero attached hydrogens (tertiary/aromatic N) is 2. The van der Waals surface area contributed by atoms with E-state index in [0.717, 1.165) is 24.8 Å². The van der Waals surface area contributed by atoms with Crippen molar-refractivity contribution in [3.05, 3.63) is 0 Å². The predicted molar refractivity (Wildman–Crippen MR) is 63.0 cm³/mol. The first-order chi connectivity index (χ1) is 6.84. The van der Waals surface area contributed by atoms with Gasteiger partial charge in [-0.2, -0.15) is 0 Å². The molecule has 3 nitrogen and oxygen atoms in total. The van der Waals surface area contributed by atoms with Crippen LogP contribution in [0.25, 0.3) is 0 Å². The quantitative estimate of drug-likeness (QED) is 0.742. The lowest BCUT2D eigenvalue weighted by Gasteiger charge is -2.29. The number of amidine groups is 1. The lowest BCUT2D eigenvalue weighted by molar-refractivity contribution is 0.220. The van der Waals surface area contributed by atoms with E-state index in [-0.39, 0.29) is 0 Å². The number of nitrogens with one attached hydrogen (secondary N) is 1. The molecule has 0 aromatic carbocycles. The molecule has 0 aromatic rings. The van der Waals surface area contributed by atoms with Crippen molar-refractivity contribution in [2.75, 3.05) is 39.0 Å². The summed E-state index contributed by atoms with van der Waals surface area (Å²) in [5.74, 6) is 2.02. The van der Waals surface area contributed by atoms with Crippen LogP contribution in [0.4, 0.5) is 0 Å². The first-order valence-corrected chi connectivity index (χ1v) is 6.43. The van der Waals surface area contributed by atoms with Crippen LogP contribution in [0.5, 0.6) is 0 Å². The minimum absolute atomic E-state index is 0.857. The van der Waals surface area contributed by atoms with Gasteiger partial charge in [-0.25, -0.2) is 0 Å². The standard InChI is InChI=1S/C10H19N3S/c1-13-5-2-9(3-6-13)8-12-10-11-4-7-14-10/h9H,2-8H2,1H3,(H,11,12). The van der Waals surface area contributed by atoms with Crippen LogP contribution in [-0.2, 0) is 0 Å². The largest absolute Gasteiger partial charge is 0.365 e. The van der Waals surface area contributed by atoms with Crippen LogP contribution in [0.1, 0.15) is 12.8 Å². The molecule has 2 heterocycles. The fourth-order valence-corrected chi connectivity index (χ4v) is 2.68. The number of likely N-dealkylation sites (tertiary alicyclic amines) is 1. The molecule has 0 radical (unpaired) electrons. The van der Waals surface area contributed by atoms with Gasteiger partial charge < -0.3 is 10.2 Å². The van der Waals surface area contributed by atoms with Crippen LogP contribution in [0.2, 0.25) is 0 Å². The Morgan fingerprint density at radius 2 is 2.29 bits per heavy atom. The molecule has 80 valence electrons. The number of piperidine rings is 1. The summed E-state index contributed by atoms with van der Waals surface area (Å²) < 4.78 is 0. The number of hydrogen-bond acceptors (Lipinski definition) is 4. The Kier molecular flexibility index (Phi) is 3.70. The van der Waals surface area contributed by atoms with Gasteiger partial charge in [-0.15, -0.1) is 0 Å². The molecule has 0 amide bonds. The predicted octanol–water partition coefficient (Wildman–Crippen LogP) is 1.02. The molecule has 0 unspecified atom stereocenters. The van der Waals surface area contributed by atoms with Crippen molar-refractivity contribution in [1.29, 1.82) is 0 Å². The van der Waals surface area contributed by atoms with Gasteiger partial charge in [-0.1, -0.05) is 11.8 Å². The maximum absolute atomic E-state index is 4.39. The molecule has 0 aliphatic carbocycles. The van der Waals surface area contributed by atoms with Crippen LogP contribution in [0.15, 0.2) is 4.99 Å². The van der Waals surface area contributed by atoms with Gasteiger partial charge in [0.1, 0.15) is 0 Å². The Morgan fingerprint density at radius 3 is 2.93 bits per heavy atom. The second-order valence-corrected chi connectivity index (χ2v) is 5.25. The summed E-state index contributed by atoms with van der Waals surface area (Å²) >= 11 is 1.86. The van der Waals surface area contributed by atoms with Gasteiger partial charge in [0.2, 0.25) is 0 Å². The summed E-state index contributed by atoms with van der Waals surface area (Å²) in [5.41, 5.74) is 0. The molecule has 0 saturated carbocycles. The summed E-state index contributed by atoms with van der Waals surface area (Å²) in [7, 11) is 2.21. The summed E-state index contributed by atoms with van der Waals surface area (Å²) in [5, 5.41) is 4.63. The SMILES string of the molecule is CN1CCC(CNC2=NCCS2)CC1. The van der Waals surface area contributed by atoms with Crippen LogP contribution in [0.3, 0.4) is 0 Å². The monoisotopic (exact) mass is 213 g/mol. The molecule has 0 atom stereocenters. The van der Waals surface area contributed by atoms with E-state index < -0.39 is 0 Å². The fraction of sp³-hybridized carbons (Fsp3) is 0.900. The molecule has 2 aliphatic rings. The van der Waals surface area contributed by atoms with Crippen molar-refractivity contribution in [1.82, 2.24) is 10.2 Å². The van der Waals surface area contributed by atoms with Gasteiger partial charge in [-0.05, 0) is 38.9 Å². The van der Waals surface area contributed by atoms with Gasteiger partial charge in [0.25, 0.3) is 0 Å². The van der Waals surface area contributed by atoms with E-state index in [9.17, 15) is 0 Å². The Labute approximate surface area is 90.3 Å². The lowest BCUT2D eigenvalue weighted by Crippen LogP contribution is -2.35. The molecular weight excluding hydrogens is 194 g/mol. The molecule has 1 saturated heterocycles. The number of hydrogen-bond donors (Lipinski definition) is 1. The highest BCUT2D eigenvalue weighted by atomic mass is 32.2. The Hall–Kier alpha value is -0.220. The van der Waals surface area contributed by atoms with E-state index in [0.29, 0.717) is 0 Å². The van der Waals surface area contributed by atoms with Crippen LogP contribution >= 0.6 is 11.8 Å². The molecule has 1 fully saturated rings. The highest BCUT2D eigenvalue weighted by Crippen LogP contribution is 2.16. The average Bonchev–Trinajstić information content (AvgIpc) is 2.70. The highest BCUT2D eigenvalue weighted by Gasteiger charge is 2.17. The smallest absolute Gasteiger partial charge is 0.156 e. The van der Waals surface area contributed by atoms with E-state index in [1.165, 1.54) is 31.1 Å². The van der Waals surface area contributed by atoms with Crippen molar-refractivity contribution in [3.8, 4) is 0 Å². The van der Waals surface area contributed by atoms with E-state index in [4.69, 9.17) is 0 Å². The van der Waals surface area contributed by atoms with Crippen molar-refractivity contribution in [2.24, 2.45) is 10.9 Å². The summed E-state index contributed by atoms with van der Waals surface area (Å²) in [6, 6.07) is 0. The third-order valence-electron chi connectivity index (χ3n) is 2.97. The number of rotatable bonds is 2. The Bertz CT molecular complexity index is 209. The lowest BCUT2D eigenvalue weighted by atomic mass is 9.97. The first kappa shape index (κ1) is 10.3. The Balaban J connectivity index is 1.65. The van der Waals surface area contributed by atoms with E-state index >= 15 is 0 Å². The maximum Gasteiger partial charge on any atom is 0.156 e. The minimum Gasteiger partial charge on any atom is -0.365 e. The summed E-state index contributed by atoms with van der Waals surface area (Å²) in [6.07, 6.45) is 2.67. The molecule has 0 spiro atoms. The van der Waals surface area contributed by atoms with Crippen LogP contribution in [-0.4, -0.2) is 49.0 Å². The van der Waals surface area contributed by atoms with Gasteiger partial charge in [0.15, 0.2) is 5.17 Å². The molecule has 1 N–H and O–H groups in total. The first-order valence-electron chi connectivity index (χ1n) is 5.44. The van der Waals surface area contributed by atoms with E-state index in [1.807, 2.05) is 11.8 Å². The van der Waals surface area contributed by atoms with Crippen LogP contribution < -0.4 is 5.32 Å². The average molecular weight is 213 g/mol. The normalized spacial score (nSPS) is 25.1. The molecule has 2 rings (SSSR count). The zero-order chi connectivity index (χ0) is 9.80. The second kappa shape index (κ2) is 5.03. The van der Waals surface area contributed by atoms with Gasteiger partial charge in [-0.3, -0.25) is 4.99 Å². The van der Waals surface area contributed by atoms with Crippen molar-refractivity contribution < 1.29 is 0 Å². The summed E-state index contributed by atoms with van der Waals surface area (Å²) in [4.78, 5) is 6.81. The third-order valence-corrected chi connectivity index (χ3v) is 3.90. The van der Waals surface area contributed by atoms with E-state index in [2.05, 4.69) is 22.3 Å². The van der Waals surface area contributed by atoms with Crippen molar-refractivity contribution in [2.45, 2.75) is 12.8 Å². The molecule has 4 heteroatoms. The zero-order valence-electron chi connectivity index (χ0n) is 8.83. The second-order valence-electron chi connectivity index (χ2n) is 4.16. The third kappa shape index (κ3) is 2.89. The number of aliphatic imine (C=N–C) groups is 1. The molecule has 0 bridgehead atoms. The summed E-state index contributed by atoms with van der Waals surface area (Å²) in [6.45, 7) is 4.64. The Morgan fingerprint density at radius 1 is 1.50 bits per heavy atom. The van der Waals surface area contributed by atoms with Crippen molar-refractivity contribution >= 4 is 16.9 Å². The molecule has 2 aliphatic heterocycles. The molecular formula is C10H19N3S. The molecule has 0 aromatic heterocycles. The van der Waals surface area contributed by atoms with Gasteiger partial charge in [0.05, 0.1) is 6.54 Å². The van der Waals surface area contributed by atoms with Crippen LogP contribution in [0, 0.1) is 5.92 Å². The highest BCUT2D eigenvalue weighted by molar-refractivity contribution is 8.14. The van der Waals surface area contributed by atoms with E-state index in [1.54, 1.807) is 0 Å². The minimum atomic E-state index is 0.857. The number of thioether (sulfide) groups is 1. The van der Waals surface area contributed by atoms with Gasteiger partial charge in [0, 0.05) is 12.3 Å². The van der Waals surface area contributed by atoms with Crippen molar-refractivity contribution in [3.63, 3.8) is 0 Å².